The number of H-pyrrole nitrogens is 1. The predicted octanol–water partition coefficient (Wildman–Crippen LogP) is 4.05. The molecule has 0 saturated heterocycles. The van der Waals surface area contributed by atoms with Crippen LogP contribution >= 0.6 is 11.6 Å². The standard InChI is InChI=1S/C20H16ClN5O2/c1-2-17(27)23-15-5-3-4-12(10-15)18-16(11-22)19(28)26-20(25-18)24-14-8-6-13(21)7-9-14/h3-10H,2H2,1H3,(H,23,27)(H2,24,25,26,28). The molecule has 0 aliphatic rings. The number of hydrogen-bond donors (Lipinski definition) is 3. The number of aromatic nitrogens is 2. The molecule has 0 unspecified atom stereocenters. The Bertz CT molecular complexity index is 1120. The summed E-state index contributed by atoms with van der Waals surface area (Å²) >= 11 is 5.88. The van der Waals surface area contributed by atoms with Gasteiger partial charge >= 0.3 is 0 Å². The largest absolute Gasteiger partial charge is 0.326 e. The van der Waals surface area contributed by atoms with Gasteiger partial charge in [0, 0.05) is 28.4 Å². The van der Waals surface area contributed by atoms with Crippen LogP contribution < -0.4 is 16.2 Å². The van der Waals surface area contributed by atoms with Gasteiger partial charge in [0.25, 0.3) is 5.56 Å². The van der Waals surface area contributed by atoms with Crippen molar-refractivity contribution in [2.24, 2.45) is 0 Å². The highest BCUT2D eigenvalue weighted by atomic mass is 35.5. The number of carbonyl (C=O) groups is 1. The molecule has 0 aliphatic carbocycles. The van der Waals surface area contributed by atoms with Gasteiger partial charge in [-0.3, -0.25) is 14.6 Å². The van der Waals surface area contributed by atoms with E-state index in [-0.39, 0.29) is 23.1 Å². The Morgan fingerprint density at radius 2 is 1.96 bits per heavy atom. The molecule has 0 fully saturated rings. The van der Waals surface area contributed by atoms with Gasteiger partial charge in [0.05, 0.1) is 5.69 Å². The molecule has 0 spiro atoms. The number of nitriles is 1. The lowest BCUT2D eigenvalue weighted by Gasteiger charge is -2.10. The summed E-state index contributed by atoms with van der Waals surface area (Å²) in [6.07, 6.45) is 0.339. The van der Waals surface area contributed by atoms with Gasteiger partial charge in [0.15, 0.2) is 0 Å². The number of hydrogen-bond acceptors (Lipinski definition) is 5. The quantitative estimate of drug-likeness (QED) is 0.605. The first-order valence-corrected chi connectivity index (χ1v) is 8.85. The van der Waals surface area contributed by atoms with Crippen molar-refractivity contribution in [3.63, 3.8) is 0 Å². The molecule has 140 valence electrons. The Morgan fingerprint density at radius 1 is 1.21 bits per heavy atom. The highest BCUT2D eigenvalue weighted by Gasteiger charge is 2.14. The molecular formula is C20H16ClN5O2. The first-order chi connectivity index (χ1) is 13.5. The summed E-state index contributed by atoms with van der Waals surface area (Å²) < 4.78 is 0. The molecule has 8 heteroatoms. The summed E-state index contributed by atoms with van der Waals surface area (Å²) in [5.41, 5.74) is 1.31. The van der Waals surface area contributed by atoms with E-state index in [4.69, 9.17) is 11.6 Å². The highest BCUT2D eigenvalue weighted by molar-refractivity contribution is 6.30. The Morgan fingerprint density at radius 3 is 2.64 bits per heavy atom. The third-order valence-corrected chi connectivity index (χ3v) is 4.13. The number of rotatable bonds is 5. The maximum atomic E-state index is 12.4. The maximum absolute atomic E-state index is 12.4. The minimum Gasteiger partial charge on any atom is -0.326 e. The zero-order valence-corrected chi connectivity index (χ0v) is 15.7. The average molecular weight is 394 g/mol. The van der Waals surface area contributed by atoms with Gasteiger partial charge in [-0.1, -0.05) is 30.7 Å². The normalized spacial score (nSPS) is 10.2. The van der Waals surface area contributed by atoms with Gasteiger partial charge in [-0.25, -0.2) is 4.98 Å². The summed E-state index contributed by atoms with van der Waals surface area (Å²) in [6, 6.07) is 15.6. The average Bonchev–Trinajstić information content (AvgIpc) is 2.69. The number of carbonyl (C=O) groups excluding carboxylic acids is 1. The van der Waals surface area contributed by atoms with Crippen molar-refractivity contribution >= 4 is 34.8 Å². The molecule has 2 aromatic carbocycles. The lowest BCUT2D eigenvalue weighted by Crippen LogP contribution is -2.16. The number of benzene rings is 2. The molecule has 28 heavy (non-hydrogen) atoms. The Labute approximate surface area is 166 Å². The zero-order chi connectivity index (χ0) is 20.1. The van der Waals surface area contributed by atoms with Crippen LogP contribution in [0.3, 0.4) is 0 Å². The fraction of sp³-hybridized carbons (Fsp3) is 0.100. The Kier molecular flexibility index (Phi) is 5.72. The Hall–Kier alpha value is -3.63. The predicted molar refractivity (Wildman–Crippen MR) is 109 cm³/mol. The summed E-state index contributed by atoms with van der Waals surface area (Å²) in [5, 5.41) is 15.7. The van der Waals surface area contributed by atoms with Gasteiger partial charge in [-0.05, 0) is 36.4 Å². The second kappa shape index (κ2) is 8.37. The number of nitrogens with zero attached hydrogens (tertiary/aromatic N) is 2. The van der Waals surface area contributed by atoms with E-state index in [2.05, 4.69) is 20.6 Å². The van der Waals surface area contributed by atoms with Crippen LogP contribution in [-0.2, 0) is 4.79 Å². The van der Waals surface area contributed by atoms with E-state index < -0.39 is 5.56 Å². The fourth-order valence-corrected chi connectivity index (χ4v) is 2.63. The highest BCUT2D eigenvalue weighted by Crippen LogP contribution is 2.24. The van der Waals surface area contributed by atoms with E-state index >= 15 is 0 Å². The molecule has 3 N–H and O–H groups in total. The van der Waals surface area contributed by atoms with Crippen molar-refractivity contribution in [3.05, 3.63) is 69.5 Å². The fourth-order valence-electron chi connectivity index (χ4n) is 2.51. The second-order valence-corrected chi connectivity index (χ2v) is 6.30. The van der Waals surface area contributed by atoms with E-state index in [1.54, 1.807) is 55.5 Å². The SMILES string of the molecule is CCC(=O)Nc1cccc(-c2nc(Nc3ccc(Cl)cc3)[nH]c(=O)c2C#N)c1. The minimum absolute atomic E-state index is 0.111. The van der Waals surface area contributed by atoms with Gasteiger partial charge in [-0.15, -0.1) is 0 Å². The van der Waals surface area contributed by atoms with Crippen LogP contribution in [0.1, 0.15) is 18.9 Å². The molecule has 1 amide bonds. The topological polar surface area (TPSA) is 111 Å². The van der Waals surface area contributed by atoms with Gasteiger partial charge in [0.2, 0.25) is 11.9 Å². The summed E-state index contributed by atoms with van der Waals surface area (Å²) in [5.74, 6) is 0.0472. The van der Waals surface area contributed by atoms with Gasteiger partial charge in [-0.2, -0.15) is 5.26 Å². The van der Waals surface area contributed by atoms with Crippen molar-refractivity contribution < 1.29 is 4.79 Å². The third-order valence-electron chi connectivity index (χ3n) is 3.88. The van der Waals surface area contributed by atoms with E-state index in [9.17, 15) is 14.9 Å². The van der Waals surface area contributed by atoms with E-state index in [1.165, 1.54) is 0 Å². The lowest BCUT2D eigenvalue weighted by atomic mass is 10.1. The molecule has 0 aliphatic heterocycles. The smallest absolute Gasteiger partial charge is 0.270 e. The molecular weight excluding hydrogens is 378 g/mol. The minimum atomic E-state index is -0.563. The van der Waals surface area contributed by atoms with E-state index in [0.29, 0.717) is 28.4 Å². The number of anilines is 3. The summed E-state index contributed by atoms with van der Waals surface area (Å²) in [4.78, 5) is 31.0. The molecule has 0 atom stereocenters. The molecule has 3 aromatic rings. The maximum Gasteiger partial charge on any atom is 0.270 e. The first kappa shape index (κ1) is 19.1. The van der Waals surface area contributed by atoms with Crippen LogP contribution in [0.5, 0.6) is 0 Å². The molecule has 0 bridgehead atoms. The Balaban J connectivity index is 2.02. The van der Waals surface area contributed by atoms with Crippen molar-refractivity contribution in [1.82, 2.24) is 9.97 Å². The van der Waals surface area contributed by atoms with Crippen LogP contribution in [0.15, 0.2) is 53.3 Å². The van der Waals surface area contributed by atoms with Crippen molar-refractivity contribution in [2.45, 2.75) is 13.3 Å². The molecule has 1 aromatic heterocycles. The molecule has 0 radical (unpaired) electrons. The number of nitrogens with one attached hydrogen (secondary N) is 3. The summed E-state index contributed by atoms with van der Waals surface area (Å²) in [6.45, 7) is 1.75. The molecule has 7 nitrogen and oxygen atoms in total. The van der Waals surface area contributed by atoms with Crippen LogP contribution in [0.25, 0.3) is 11.3 Å². The third kappa shape index (κ3) is 4.37. The monoisotopic (exact) mass is 393 g/mol. The summed E-state index contributed by atoms with van der Waals surface area (Å²) in [7, 11) is 0. The second-order valence-electron chi connectivity index (χ2n) is 5.86. The van der Waals surface area contributed by atoms with E-state index in [0.717, 1.165) is 0 Å². The van der Waals surface area contributed by atoms with Crippen LogP contribution in [0.2, 0.25) is 5.02 Å². The van der Waals surface area contributed by atoms with Crippen LogP contribution in [-0.4, -0.2) is 15.9 Å². The van der Waals surface area contributed by atoms with Crippen LogP contribution in [0.4, 0.5) is 17.3 Å². The zero-order valence-electron chi connectivity index (χ0n) is 14.9. The number of aromatic amines is 1. The molecule has 1 heterocycles. The van der Waals surface area contributed by atoms with Crippen molar-refractivity contribution in [2.75, 3.05) is 10.6 Å². The number of halogens is 1. The van der Waals surface area contributed by atoms with Gasteiger partial charge < -0.3 is 10.6 Å². The van der Waals surface area contributed by atoms with Crippen molar-refractivity contribution in [3.8, 4) is 17.3 Å². The number of amides is 1. The van der Waals surface area contributed by atoms with Gasteiger partial charge in [0.1, 0.15) is 11.6 Å². The molecule has 0 saturated carbocycles. The van der Waals surface area contributed by atoms with Crippen LogP contribution in [0, 0.1) is 11.3 Å². The molecule has 3 rings (SSSR count). The van der Waals surface area contributed by atoms with Crippen molar-refractivity contribution in [1.29, 1.82) is 5.26 Å². The first-order valence-electron chi connectivity index (χ1n) is 8.47. The van der Waals surface area contributed by atoms with E-state index in [1.807, 2.05) is 6.07 Å². The lowest BCUT2D eigenvalue weighted by molar-refractivity contribution is -0.115.